The van der Waals surface area contributed by atoms with Gasteiger partial charge in [0.25, 0.3) is 0 Å². The van der Waals surface area contributed by atoms with Crippen molar-refractivity contribution in [2.75, 3.05) is 0 Å². The Labute approximate surface area is 78.6 Å². The molecule has 1 heterocycles. The molecule has 0 saturated carbocycles. The third kappa shape index (κ3) is 2.18. The van der Waals surface area contributed by atoms with Gasteiger partial charge in [-0.1, -0.05) is 20.8 Å². The molecule has 0 aliphatic carbocycles. The van der Waals surface area contributed by atoms with E-state index in [1.807, 2.05) is 20.8 Å². The molecule has 3 nitrogen and oxygen atoms in total. The van der Waals surface area contributed by atoms with Crippen LogP contribution in [-0.2, 0) is 0 Å². The highest BCUT2D eigenvalue weighted by atomic mass is 16.3. The van der Waals surface area contributed by atoms with Gasteiger partial charge in [-0.2, -0.15) is 0 Å². The van der Waals surface area contributed by atoms with Crippen LogP contribution < -0.4 is 5.73 Å². The largest absolute Gasteiger partial charge is 0.506 e. The van der Waals surface area contributed by atoms with Gasteiger partial charge in [0.05, 0.1) is 11.7 Å². The number of aromatic hydroxyl groups is 1. The summed E-state index contributed by atoms with van der Waals surface area (Å²) in [4.78, 5) is 4.07. The number of hydrogen-bond donors (Lipinski definition) is 2. The Bertz CT molecular complexity index is 291. The van der Waals surface area contributed by atoms with Gasteiger partial charge in [0.1, 0.15) is 5.75 Å². The normalized spacial score (nSPS) is 14.2. The van der Waals surface area contributed by atoms with E-state index < -0.39 is 0 Å². The number of rotatable bonds is 1. The van der Waals surface area contributed by atoms with Crippen LogP contribution in [0.1, 0.15) is 32.5 Å². The zero-order valence-corrected chi connectivity index (χ0v) is 8.28. The van der Waals surface area contributed by atoms with Crippen LogP contribution in [0.25, 0.3) is 0 Å². The Kier molecular flexibility index (Phi) is 2.57. The van der Waals surface area contributed by atoms with Crippen LogP contribution in [-0.4, -0.2) is 10.1 Å². The third-order valence-corrected chi connectivity index (χ3v) is 2.04. The molecule has 3 N–H and O–H groups in total. The lowest BCUT2D eigenvalue weighted by atomic mass is 9.85. The summed E-state index contributed by atoms with van der Waals surface area (Å²) in [7, 11) is 0. The van der Waals surface area contributed by atoms with E-state index in [0.717, 1.165) is 0 Å². The summed E-state index contributed by atoms with van der Waals surface area (Å²) in [5, 5.41) is 9.50. The third-order valence-electron chi connectivity index (χ3n) is 2.04. The van der Waals surface area contributed by atoms with Crippen LogP contribution >= 0.6 is 0 Å². The average molecular weight is 180 g/mol. The van der Waals surface area contributed by atoms with Crippen molar-refractivity contribution in [3.63, 3.8) is 0 Å². The molecule has 0 unspecified atom stereocenters. The first-order chi connectivity index (χ1) is 5.93. The molecule has 72 valence electrons. The monoisotopic (exact) mass is 180 g/mol. The van der Waals surface area contributed by atoms with E-state index in [1.165, 1.54) is 0 Å². The minimum absolute atomic E-state index is 0.0914. The van der Waals surface area contributed by atoms with E-state index in [2.05, 4.69) is 4.98 Å². The molecule has 0 fully saturated rings. The number of nitrogens with zero attached hydrogens (tertiary/aromatic N) is 1. The Balaban J connectivity index is 3.02. The molecule has 13 heavy (non-hydrogen) atoms. The van der Waals surface area contributed by atoms with Gasteiger partial charge in [-0.25, -0.2) is 0 Å². The maximum atomic E-state index is 9.50. The lowest BCUT2D eigenvalue weighted by Gasteiger charge is -2.26. The molecule has 1 aromatic rings. The number of hydrogen-bond acceptors (Lipinski definition) is 3. The van der Waals surface area contributed by atoms with Crippen molar-refractivity contribution < 1.29 is 5.11 Å². The van der Waals surface area contributed by atoms with Crippen LogP contribution in [0.3, 0.4) is 0 Å². The van der Waals surface area contributed by atoms with Crippen LogP contribution in [0.2, 0.25) is 0 Å². The van der Waals surface area contributed by atoms with Crippen molar-refractivity contribution in [1.29, 1.82) is 0 Å². The van der Waals surface area contributed by atoms with E-state index in [-0.39, 0.29) is 17.2 Å². The predicted octanol–water partition coefficient (Wildman–Crippen LogP) is 1.83. The second-order valence-electron chi connectivity index (χ2n) is 4.25. The molecule has 0 spiro atoms. The second-order valence-corrected chi connectivity index (χ2v) is 4.25. The zero-order chi connectivity index (χ0) is 10.1. The molecule has 1 atom stereocenters. The number of nitrogens with two attached hydrogens (primary N) is 1. The molecule has 0 aliphatic heterocycles. The SMILES string of the molecule is CC(C)(C)[C@@H](N)c1ncccc1O. The number of pyridine rings is 1. The van der Waals surface area contributed by atoms with Gasteiger partial charge in [0.15, 0.2) is 0 Å². The Hall–Kier alpha value is -1.09. The maximum Gasteiger partial charge on any atom is 0.138 e. The molecule has 0 aromatic carbocycles. The fourth-order valence-electron chi connectivity index (χ4n) is 1.06. The Morgan fingerprint density at radius 2 is 2.08 bits per heavy atom. The predicted molar refractivity (Wildman–Crippen MR) is 52.3 cm³/mol. The summed E-state index contributed by atoms with van der Waals surface area (Å²) in [6.45, 7) is 6.06. The minimum atomic E-state index is -0.242. The van der Waals surface area contributed by atoms with E-state index in [0.29, 0.717) is 5.69 Å². The zero-order valence-electron chi connectivity index (χ0n) is 8.28. The molecule has 0 amide bonds. The van der Waals surface area contributed by atoms with Crippen molar-refractivity contribution in [2.45, 2.75) is 26.8 Å². The smallest absolute Gasteiger partial charge is 0.138 e. The molecule has 1 rings (SSSR count). The summed E-state index contributed by atoms with van der Waals surface area (Å²) in [5.74, 6) is 0.171. The lowest BCUT2D eigenvalue weighted by molar-refractivity contribution is 0.311. The van der Waals surface area contributed by atoms with Crippen LogP contribution in [0, 0.1) is 5.41 Å². The van der Waals surface area contributed by atoms with Crippen LogP contribution in [0.15, 0.2) is 18.3 Å². The van der Waals surface area contributed by atoms with Crippen LogP contribution in [0.4, 0.5) is 0 Å². The van der Waals surface area contributed by atoms with Gasteiger partial charge >= 0.3 is 0 Å². The fraction of sp³-hybridized carbons (Fsp3) is 0.500. The van der Waals surface area contributed by atoms with E-state index in [4.69, 9.17) is 5.73 Å². The van der Waals surface area contributed by atoms with Gasteiger partial charge in [0.2, 0.25) is 0 Å². The van der Waals surface area contributed by atoms with Gasteiger partial charge < -0.3 is 10.8 Å². The van der Waals surface area contributed by atoms with E-state index in [1.54, 1.807) is 18.3 Å². The molecule has 0 aliphatic rings. The molecule has 0 saturated heterocycles. The quantitative estimate of drug-likeness (QED) is 0.693. The highest BCUT2D eigenvalue weighted by Gasteiger charge is 2.25. The Morgan fingerprint density at radius 1 is 1.46 bits per heavy atom. The summed E-state index contributed by atoms with van der Waals surface area (Å²) >= 11 is 0. The van der Waals surface area contributed by atoms with Crippen LogP contribution in [0.5, 0.6) is 5.75 Å². The highest BCUT2D eigenvalue weighted by molar-refractivity contribution is 5.28. The maximum absolute atomic E-state index is 9.50. The van der Waals surface area contributed by atoms with Gasteiger partial charge in [-0.05, 0) is 17.5 Å². The summed E-state index contributed by atoms with van der Waals surface area (Å²) in [6.07, 6.45) is 1.64. The standard InChI is InChI=1S/C10H16N2O/c1-10(2,3)9(11)8-7(13)5-4-6-12-8/h4-6,9,13H,11H2,1-3H3/t9-/m0/s1. The molecular formula is C10H16N2O. The van der Waals surface area contributed by atoms with Gasteiger partial charge in [-0.3, -0.25) is 4.98 Å². The van der Waals surface area contributed by atoms with Gasteiger partial charge in [-0.15, -0.1) is 0 Å². The first-order valence-corrected chi connectivity index (χ1v) is 4.32. The molecular weight excluding hydrogens is 164 g/mol. The summed E-state index contributed by atoms with van der Waals surface area (Å²) in [6, 6.07) is 3.05. The van der Waals surface area contributed by atoms with Gasteiger partial charge in [0, 0.05) is 6.20 Å². The molecule has 3 heteroatoms. The van der Waals surface area contributed by atoms with E-state index >= 15 is 0 Å². The van der Waals surface area contributed by atoms with E-state index in [9.17, 15) is 5.11 Å². The second kappa shape index (κ2) is 3.34. The van der Waals surface area contributed by atoms with Crippen molar-refractivity contribution >= 4 is 0 Å². The molecule has 0 radical (unpaired) electrons. The lowest BCUT2D eigenvalue weighted by Crippen LogP contribution is -2.27. The average Bonchev–Trinajstić information content (AvgIpc) is 2.02. The number of aromatic nitrogens is 1. The minimum Gasteiger partial charge on any atom is -0.506 e. The van der Waals surface area contributed by atoms with Crippen molar-refractivity contribution in [3.8, 4) is 5.75 Å². The summed E-state index contributed by atoms with van der Waals surface area (Å²) in [5.41, 5.74) is 6.42. The Morgan fingerprint density at radius 3 is 2.54 bits per heavy atom. The highest BCUT2D eigenvalue weighted by Crippen LogP contribution is 2.33. The molecule has 1 aromatic heterocycles. The topological polar surface area (TPSA) is 59.1 Å². The van der Waals surface area contributed by atoms with Crippen molar-refractivity contribution in [3.05, 3.63) is 24.0 Å². The first-order valence-electron chi connectivity index (χ1n) is 4.32. The molecule has 0 bridgehead atoms. The summed E-state index contributed by atoms with van der Waals surface area (Å²) < 4.78 is 0. The van der Waals surface area contributed by atoms with Crippen molar-refractivity contribution in [2.24, 2.45) is 11.1 Å². The first kappa shape index (κ1) is 9.99. The van der Waals surface area contributed by atoms with Crippen molar-refractivity contribution in [1.82, 2.24) is 4.98 Å². The fourth-order valence-corrected chi connectivity index (χ4v) is 1.06.